The van der Waals surface area contributed by atoms with Gasteiger partial charge in [0.1, 0.15) is 12.4 Å². The number of pyridine rings is 1. The Kier molecular flexibility index (Phi) is 7.96. The molecule has 2 aromatic heterocycles. The van der Waals surface area contributed by atoms with Crippen LogP contribution in [0.1, 0.15) is 30.5 Å². The zero-order valence-corrected chi connectivity index (χ0v) is 24.0. The van der Waals surface area contributed by atoms with Crippen LogP contribution in [-0.2, 0) is 32.7 Å². The first-order valence-corrected chi connectivity index (χ1v) is 14.5. The minimum Gasteiger partial charge on any atom is -0.489 e. The number of nitrogens with zero attached hydrogens (tertiary/aromatic N) is 2. The topological polar surface area (TPSA) is 106 Å². The van der Waals surface area contributed by atoms with Gasteiger partial charge in [-0.05, 0) is 56.7 Å². The second-order valence-corrected chi connectivity index (χ2v) is 11.6. The molecule has 0 aliphatic carbocycles. The lowest BCUT2D eigenvalue weighted by Crippen LogP contribution is -2.17. The highest BCUT2D eigenvalue weighted by Crippen LogP contribution is 2.39. The number of methoxy groups -OCH3 is 1. The number of carbonyl (C=O) groups excluding carboxylic acids is 1. The van der Waals surface area contributed by atoms with E-state index in [1.807, 2.05) is 37.3 Å². The summed E-state index contributed by atoms with van der Waals surface area (Å²) in [6, 6.07) is 21.6. The van der Waals surface area contributed by atoms with E-state index in [-0.39, 0.29) is 17.4 Å². The maximum atomic E-state index is 14.1. The van der Waals surface area contributed by atoms with Gasteiger partial charge in [0.15, 0.2) is 0 Å². The van der Waals surface area contributed by atoms with E-state index in [1.165, 1.54) is 17.3 Å². The van der Waals surface area contributed by atoms with Crippen molar-refractivity contribution in [3.05, 3.63) is 95.7 Å². The Morgan fingerprint density at radius 3 is 2.37 bits per heavy atom. The molecule has 0 radical (unpaired) electrons. The summed E-state index contributed by atoms with van der Waals surface area (Å²) in [6.07, 6.45) is 0.0537. The van der Waals surface area contributed by atoms with Gasteiger partial charge in [0, 0.05) is 17.9 Å². The van der Waals surface area contributed by atoms with Gasteiger partial charge < -0.3 is 18.9 Å². The Morgan fingerprint density at radius 2 is 1.68 bits per heavy atom. The molecule has 0 atom stereocenters. The van der Waals surface area contributed by atoms with Crippen LogP contribution in [0.5, 0.6) is 11.6 Å². The highest BCUT2D eigenvalue weighted by molar-refractivity contribution is 7.90. The summed E-state index contributed by atoms with van der Waals surface area (Å²) < 4.78 is 51.5. The van der Waals surface area contributed by atoms with Crippen molar-refractivity contribution in [1.82, 2.24) is 8.96 Å². The number of hydrogen-bond donors (Lipinski definition) is 0. The summed E-state index contributed by atoms with van der Waals surface area (Å²) in [6.45, 7) is 5.62. The fourth-order valence-corrected chi connectivity index (χ4v) is 6.07. The van der Waals surface area contributed by atoms with E-state index in [1.54, 1.807) is 56.3 Å². The third-order valence-electron chi connectivity index (χ3n) is 6.40. The van der Waals surface area contributed by atoms with Crippen LogP contribution in [0, 0.1) is 6.92 Å². The Morgan fingerprint density at radius 1 is 0.951 bits per heavy atom. The minimum absolute atomic E-state index is 0.00652. The van der Waals surface area contributed by atoms with Crippen molar-refractivity contribution in [1.29, 1.82) is 0 Å². The third kappa shape index (κ3) is 5.75. The lowest BCUT2D eigenvalue weighted by atomic mass is 10.1. The second kappa shape index (κ2) is 11.6. The standard InChI is InChI=1S/C31H30N2O7S/c1-20(2)39-31(34)40-30-26(19-37-4)29-25-16-23(38-18-22-8-6-5-7-9-22)12-15-27(25)33(28(29)17-32-30)41(35,36)24-13-10-21(3)11-14-24/h5-17,20H,18-19H2,1-4H3. The molecular weight excluding hydrogens is 544 g/mol. The summed E-state index contributed by atoms with van der Waals surface area (Å²) in [5.74, 6) is 0.502. The minimum atomic E-state index is -4.05. The van der Waals surface area contributed by atoms with Crippen molar-refractivity contribution in [2.24, 2.45) is 0 Å². The van der Waals surface area contributed by atoms with Crippen LogP contribution in [0.2, 0.25) is 0 Å². The van der Waals surface area contributed by atoms with Gasteiger partial charge >= 0.3 is 6.16 Å². The van der Waals surface area contributed by atoms with Crippen molar-refractivity contribution < 1.29 is 32.2 Å². The lowest BCUT2D eigenvalue weighted by molar-refractivity contribution is 0.0705. The van der Waals surface area contributed by atoms with Crippen molar-refractivity contribution in [3.63, 3.8) is 0 Å². The normalized spacial score (nSPS) is 11.7. The van der Waals surface area contributed by atoms with E-state index in [0.717, 1.165) is 11.1 Å². The van der Waals surface area contributed by atoms with E-state index in [9.17, 15) is 13.2 Å². The van der Waals surface area contributed by atoms with Crippen molar-refractivity contribution in [2.75, 3.05) is 7.11 Å². The van der Waals surface area contributed by atoms with Crippen LogP contribution in [-0.4, -0.2) is 36.7 Å². The summed E-state index contributed by atoms with van der Waals surface area (Å²) >= 11 is 0. The second-order valence-electron chi connectivity index (χ2n) is 9.79. The van der Waals surface area contributed by atoms with Gasteiger partial charge in [0.05, 0.1) is 40.4 Å². The molecule has 41 heavy (non-hydrogen) atoms. The molecule has 0 saturated carbocycles. The van der Waals surface area contributed by atoms with Crippen LogP contribution in [0.15, 0.2) is 83.9 Å². The average molecular weight is 575 g/mol. The molecule has 0 amide bonds. The Bertz CT molecular complexity index is 1810. The Hall–Kier alpha value is -4.41. The molecule has 212 valence electrons. The van der Waals surface area contributed by atoms with Gasteiger partial charge in [0.25, 0.3) is 10.0 Å². The molecule has 10 heteroatoms. The van der Waals surface area contributed by atoms with Gasteiger partial charge in [0.2, 0.25) is 5.88 Å². The molecule has 0 N–H and O–H groups in total. The quantitative estimate of drug-likeness (QED) is 0.187. The molecule has 0 bridgehead atoms. The number of hydrogen-bond acceptors (Lipinski definition) is 8. The molecule has 0 fully saturated rings. The number of aromatic nitrogens is 2. The first-order chi connectivity index (χ1) is 19.7. The maximum Gasteiger partial charge on any atom is 0.515 e. The monoisotopic (exact) mass is 574 g/mol. The van der Waals surface area contributed by atoms with Gasteiger partial charge in [-0.15, -0.1) is 0 Å². The SMILES string of the molecule is COCc1c(OC(=O)OC(C)C)ncc2c1c1cc(OCc3ccccc3)ccc1n2S(=O)(=O)c1ccc(C)cc1. The van der Waals surface area contributed by atoms with E-state index in [0.29, 0.717) is 39.7 Å². The molecular formula is C31H30N2O7S. The van der Waals surface area contributed by atoms with Crippen LogP contribution in [0.4, 0.5) is 4.79 Å². The van der Waals surface area contributed by atoms with Crippen LogP contribution >= 0.6 is 0 Å². The molecule has 2 heterocycles. The van der Waals surface area contributed by atoms with Crippen molar-refractivity contribution in [2.45, 2.75) is 45.0 Å². The Labute approximate surface area is 238 Å². The molecule has 5 rings (SSSR count). The zero-order valence-electron chi connectivity index (χ0n) is 23.2. The van der Waals surface area contributed by atoms with Gasteiger partial charge in [-0.2, -0.15) is 0 Å². The van der Waals surface area contributed by atoms with Crippen LogP contribution < -0.4 is 9.47 Å². The van der Waals surface area contributed by atoms with Gasteiger partial charge in [-0.1, -0.05) is 48.0 Å². The fourth-order valence-electron chi connectivity index (χ4n) is 4.57. The molecule has 0 unspecified atom stereocenters. The average Bonchev–Trinajstić information content (AvgIpc) is 3.28. The van der Waals surface area contributed by atoms with Crippen LogP contribution in [0.3, 0.4) is 0 Å². The van der Waals surface area contributed by atoms with Gasteiger partial charge in [-0.3, -0.25) is 0 Å². The smallest absolute Gasteiger partial charge is 0.489 e. The number of ether oxygens (including phenoxy) is 4. The van der Waals surface area contributed by atoms with E-state index in [2.05, 4.69) is 4.98 Å². The molecule has 0 saturated heterocycles. The fraction of sp³-hybridized carbons (Fsp3) is 0.226. The highest BCUT2D eigenvalue weighted by atomic mass is 32.2. The van der Waals surface area contributed by atoms with Gasteiger partial charge in [-0.25, -0.2) is 22.2 Å². The first kappa shape index (κ1) is 28.1. The predicted molar refractivity (Wildman–Crippen MR) is 155 cm³/mol. The van der Waals surface area contributed by atoms with Crippen molar-refractivity contribution in [3.8, 4) is 11.6 Å². The zero-order chi connectivity index (χ0) is 29.1. The highest BCUT2D eigenvalue weighted by Gasteiger charge is 2.28. The van der Waals surface area contributed by atoms with E-state index >= 15 is 0 Å². The largest absolute Gasteiger partial charge is 0.515 e. The number of carbonyl (C=O) groups is 1. The summed E-state index contributed by atoms with van der Waals surface area (Å²) in [4.78, 5) is 16.8. The maximum absolute atomic E-state index is 14.1. The molecule has 0 aliphatic heterocycles. The number of benzene rings is 3. The summed E-state index contributed by atoms with van der Waals surface area (Å²) in [7, 11) is -2.56. The third-order valence-corrected chi connectivity index (χ3v) is 8.15. The number of rotatable bonds is 9. The van der Waals surface area contributed by atoms with E-state index < -0.39 is 22.3 Å². The molecule has 0 aliphatic rings. The lowest BCUT2D eigenvalue weighted by Gasteiger charge is -2.13. The van der Waals surface area contributed by atoms with Crippen molar-refractivity contribution >= 4 is 38.0 Å². The molecule has 5 aromatic rings. The Balaban J connectivity index is 1.73. The molecule has 9 nitrogen and oxygen atoms in total. The predicted octanol–water partition coefficient (Wildman–Crippen LogP) is 6.38. The van der Waals surface area contributed by atoms with Crippen LogP contribution in [0.25, 0.3) is 21.8 Å². The number of aryl methyl sites for hydroxylation is 1. The molecule has 0 spiro atoms. The first-order valence-electron chi connectivity index (χ1n) is 13.0. The number of fused-ring (bicyclic) bond motifs is 3. The van der Waals surface area contributed by atoms with E-state index in [4.69, 9.17) is 18.9 Å². The summed E-state index contributed by atoms with van der Waals surface area (Å²) in [5.41, 5.74) is 3.03. The molecule has 3 aromatic carbocycles. The summed E-state index contributed by atoms with van der Waals surface area (Å²) in [5, 5.41) is 1.07.